The first kappa shape index (κ1) is 22.2. The van der Waals surface area contributed by atoms with Crippen LogP contribution < -0.4 is 4.90 Å². The first-order valence-corrected chi connectivity index (χ1v) is 11.1. The molecule has 13 heteroatoms. The number of piperidine rings is 1. The Kier molecular flexibility index (Phi) is 6.11. The molecule has 5 rings (SSSR count). The zero-order chi connectivity index (χ0) is 23.7. The van der Waals surface area contributed by atoms with E-state index in [-0.39, 0.29) is 25.9 Å². The number of anilines is 1. The van der Waals surface area contributed by atoms with Gasteiger partial charge >= 0.3 is 6.09 Å². The van der Waals surface area contributed by atoms with Crippen LogP contribution in [0.15, 0.2) is 30.6 Å². The molecular formula is C21H25FN8O4. The number of aromatic nitrogens is 6. The molecule has 180 valence electrons. The van der Waals surface area contributed by atoms with Crippen molar-refractivity contribution in [2.45, 2.75) is 38.3 Å². The summed E-state index contributed by atoms with van der Waals surface area (Å²) in [6.07, 6.45) is 3.29. The highest BCUT2D eigenvalue weighted by atomic mass is 19.1. The van der Waals surface area contributed by atoms with Gasteiger partial charge in [-0.25, -0.2) is 18.5 Å². The number of hydrogen-bond donors (Lipinski definition) is 2. The summed E-state index contributed by atoms with van der Waals surface area (Å²) < 4.78 is 23.6. The van der Waals surface area contributed by atoms with E-state index in [0.29, 0.717) is 42.3 Å². The SMILES string of the molecule is O=C1OCCN1[C@@H](c1ccc(N2CCC(n3nncc3CO)CC2)c(F)c1)n1cc(CO)nn1. The van der Waals surface area contributed by atoms with Gasteiger partial charge in [0.1, 0.15) is 18.1 Å². The number of aliphatic hydroxyl groups excluding tert-OH is 2. The molecule has 1 amide bonds. The Morgan fingerprint density at radius 2 is 1.97 bits per heavy atom. The number of benzene rings is 1. The Bertz CT molecular complexity index is 1160. The zero-order valence-corrected chi connectivity index (χ0v) is 18.4. The van der Waals surface area contributed by atoms with Gasteiger partial charge in [-0.15, -0.1) is 10.2 Å². The molecule has 3 aromatic rings. The first-order chi connectivity index (χ1) is 16.6. The molecule has 12 nitrogen and oxygen atoms in total. The van der Waals surface area contributed by atoms with Crippen molar-refractivity contribution in [1.29, 1.82) is 0 Å². The molecule has 0 radical (unpaired) electrons. The highest BCUT2D eigenvalue weighted by Crippen LogP contribution is 2.32. The van der Waals surface area contributed by atoms with Crippen LogP contribution in [0, 0.1) is 5.82 Å². The molecule has 0 spiro atoms. The summed E-state index contributed by atoms with van der Waals surface area (Å²) in [5.74, 6) is -0.409. The maximum absolute atomic E-state index is 15.3. The summed E-state index contributed by atoms with van der Waals surface area (Å²) in [5, 5.41) is 34.7. The van der Waals surface area contributed by atoms with E-state index in [4.69, 9.17) is 4.74 Å². The molecule has 2 aromatic heterocycles. The fourth-order valence-electron chi connectivity index (χ4n) is 4.59. The maximum Gasteiger partial charge on any atom is 0.411 e. The average Bonchev–Trinajstić information content (AvgIpc) is 3.61. The van der Waals surface area contributed by atoms with E-state index in [0.717, 1.165) is 12.8 Å². The fraction of sp³-hybridized carbons (Fsp3) is 0.476. The number of carbonyl (C=O) groups excluding carboxylic acids is 1. The summed E-state index contributed by atoms with van der Waals surface area (Å²) in [6.45, 7) is 1.38. The molecule has 0 saturated carbocycles. The van der Waals surface area contributed by atoms with Crippen molar-refractivity contribution in [3.05, 3.63) is 53.4 Å². The minimum Gasteiger partial charge on any atom is -0.447 e. The van der Waals surface area contributed by atoms with E-state index in [1.54, 1.807) is 23.0 Å². The lowest BCUT2D eigenvalue weighted by atomic mass is 10.0. The van der Waals surface area contributed by atoms with Crippen LogP contribution in [0.25, 0.3) is 0 Å². The topological polar surface area (TPSA) is 135 Å². The molecule has 4 heterocycles. The smallest absolute Gasteiger partial charge is 0.411 e. The molecule has 2 fully saturated rings. The Morgan fingerprint density at radius 3 is 2.62 bits per heavy atom. The van der Waals surface area contributed by atoms with Crippen LogP contribution in [0.3, 0.4) is 0 Å². The van der Waals surface area contributed by atoms with Gasteiger partial charge in [-0.2, -0.15) is 0 Å². The van der Waals surface area contributed by atoms with Crippen LogP contribution in [-0.4, -0.2) is 77.4 Å². The van der Waals surface area contributed by atoms with E-state index < -0.39 is 18.1 Å². The van der Waals surface area contributed by atoms with Crippen molar-refractivity contribution < 1.29 is 24.1 Å². The van der Waals surface area contributed by atoms with Crippen LogP contribution >= 0.6 is 0 Å². The van der Waals surface area contributed by atoms with E-state index in [1.807, 2.05) is 4.90 Å². The van der Waals surface area contributed by atoms with Gasteiger partial charge in [-0.1, -0.05) is 16.5 Å². The second kappa shape index (κ2) is 9.35. The third-order valence-corrected chi connectivity index (χ3v) is 6.29. The van der Waals surface area contributed by atoms with Crippen LogP contribution in [-0.2, 0) is 18.0 Å². The fourth-order valence-corrected chi connectivity index (χ4v) is 4.59. The average molecular weight is 472 g/mol. The highest BCUT2D eigenvalue weighted by Gasteiger charge is 2.34. The Hall–Kier alpha value is -3.58. The third kappa shape index (κ3) is 4.07. The van der Waals surface area contributed by atoms with Crippen molar-refractivity contribution in [3.8, 4) is 0 Å². The van der Waals surface area contributed by atoms with E-state index in [1.165, 1.54) is 21.8 Å². The van der Waals surface area contributed by atoms with Gasteiger partial charge in [-0.05, 0) is 30.5 Å². The summed E-state index contributed by atoms with van der Waals surface area (Å²) in [6, 6.07) is 4.97. The molecule has 1 aromatic carbocycles. The number of amides is 1. The van der Waals surface area contributed by atoms with Crippen molar-refractivity contribution in [2.24, 2.45) is 0 Å². The Labute approximate surface area is 194 Å². The molecule has 0 unspecified atom stereocenters. The van der Waals surface area contributed by atoms with Crippen molar-refractivity contribution in [2.75, 3.05) is 31.1 Å². The number of rotatable bonds is 7. The number of hydrogen-bond acceptors (Lipinski definition) is 9. The van der Waals surface area contributed by atoms with Gasteiger partial charge in [0.2, 0.25) is 0 Å². The maximum atomic E-state index is 15.3. The van der Waals surface area contributed by atoms with Gasteiger partial charge in [0.15, 0.2) is 6.17 Å². The van der Waals surface area contributed by atoms with Crippen LogP contribution in [0.5, 0.6) is 0 Å². The molecular weight excluding hydrogens is 447 g/mol. The molecule has 2 saturated heterocycles. The van der Waals surface area contributed by atoms with Gasteiger partial charge in [-0.3, -0.25) is 4.90 Å². The van der Waals surface area contributed by atoms with Gasteiger partial charge in [0, 0.05) is 13.1 Å². The second-order valence-corrected chi connectivity index (χ2v) is 8.29. The van der Waals surface area contributed by atoms with Gasteiger partial charge in [0.25, 0.3) is 0 Å². The van der Waals surface area contributed by atoms with Crippen molar-refractivity contribution in [3.63, 3.8) is 0 Å². The van der Waals surface area contributed by atoms with Crippen molar-refractivity contribution in [1.82, 2.24) is 34.9 Å². The first-order valence-electron chi connectivity index (χ1n) is 11.1. The van der Waals surface area contributed by atoms with Crippen LogP contribution in [0.1, 0.15) is 42.0 Å². The summed E-state index contributed by atoms with van der Waals surface area (Å²) in [5.41, 5.74) is 1.99. The van der Waals surface area contributed by atoms with Crippen LogP contribution in [0.4, 0.5) is 14.9 Å². The van der Waals surface area contributed by atoms with E-state index in [9.17, 15) is 15.0 Å². The Morgan fingerprint density at radius 1 is 1.15 bits per heavy atom. The van der Waals surface area contributed by atoms with Crippen molar-refractivity contribution >= 4 is 11.8 Å². The molecule has 1 atom stereocenters. The summed E-state index contributed by atoms with van der Waals surface area (Å²) in [7, 11) is 0. The second-order valence-electron chi connectivity index (χ2n) is 8.29. The number of halogens is 1. The van der Waals surface area contributed by atoms with Crippen LogP contribution in [0.2, 0.25) is 0 Å². The summed E-state index contributed by atoms with van der Waals surface area (Å²) in [4.78, 5) is 15.7. The zero-order valence-electron chi connectivity index (χ0n) is 18.4. The number of ether oxygens (including phenoxy) is 1. The molecule has 34 heavy (non-hydrogen) atoms. The largest absolute Gasteiger partial charge is 0.447 e. The minimum absolute atomic E-state index is 0.0989. The number of carbonyl (C=O) groups is 1. The molecule has 2 N–H and O–H groups in total. The molecule has 2 aliphatic rings. The lowest BCUT2D eigenvalue weighted by molar-refractivity contribution is 0.139. The van der Waals surface area contributed by atoms with E-state index >= 15 is 4.39 Å². The quantitative estimate of drug-likeness (QED) is 0.513. The van der Waals surface area contributed by atoms with E-state index in [2.05, 4.69) is 20.6 Å². The lowest BCUT2D eigenvalue weighted by Gasteiger charge is -2.34. The molecule has 0 aliphatic carbocycles. The number of aliphatic hydroxyl groups is 2. The predicted molar refractivity (Wildman–Crippen MR) is 115 cm³/mol. The lowest BCUT2D eigenvalue weighted by Crippen LogP contribution is -2.36. The monoisotopic (exact) mass is 472 g/mol. The molecule has 0 bridgehead atoms. The standard InChI is InChI=1S/C21H25FN8O4/c22-18-9-14(20(28-7-8-34-21(28)33)29-11-15(12-31)24-26-29)1-2-19(18)27-5-3-16(4-6-27)30-17(13-32)10-23-25-30/h1-2,9-11,16,20,31-32H,3-8,12-13H2/t20-/m1/s1. The normalized spacial score (nSPS) is 17.9. The van der Waals surface area contributed by atoms with Gasteiger partial charge in [0.05, 0.1) is 49.6 Å². The Balaban J connectivity index is 1.36. The molecule has 2 aliphatic heterocycles. The number of cyclic esters (lactones) is 1. The summed E-state index contributed by atoms with van der Waals surface area (Å²) >= 11 is 0. The predicted octanol–water partition coefficient (Wildman–Crippen LogP) is 0.834. The minimum atomic E-state index is -0.749. The van der Waals surface area contributed by atoms with Gasteiger partial charge < -0.3 is 19.8 Å². The highest BCUT2D eigenvalue weighted by molar-refractivity contribution is 5.70. The number of nitrogens with zero attached hydrogens (tertiary/aromatic N) is 8. The third-order valence-electron chi connectivity index (χ3n) is 6.29.